The van der Waals surface area contributed by atoms with Gasteiger partial charge >= 0.3 is 0 Å². The lowest BCUT2D eigenvalue weighted by Gasteiger charge is -2.28. The summed E-state index contributed by atoms with van der Waals surface area (Å²) >= 11 is 1.26. The summed E-state index contributed by atoms with van der Waals surface area (Å²) in [4.78, 5) is 12.7. The second-order valence-corrected chi connectivity index (χ2v) is 8.73. The maximum atomic E-state index is 13.7. The second kappa shape index (κ2) is 10.6. The van der Waals surface area contributed by atoms with Crippen molar-refractivity contribution in [3.05, 3.63) is 53.6 Å². The van der Waals surface area contributed by atoms with Crippen LogP contribution in [-0.2, 0) is 9.53 Å². The molecule has 1 aliphatic carbocycles. The number of methoxy groups -OCH3 is 2. The quantitative estimate of drug-likeness (QED) is 0.507. The normalized spacial score (nSPS) is 19.0. The van der Waals surface area contributed by atoms with Crippen LogP contribution in [0.5, 0.6) is 5.75 Å². The Bertz CT molecular complexity index is 1080. The fourth-order valence-electron chi connectivity index (χ4n) is 3.98. The Kier molecular flexibility index (Phi) is 7.40. The minimum atomic E-state index is -0.948. The first-order chi connectivity index (χ1) is 16.1. The molecule has 1 fully saturated rings. The standard InChI is InChI=1S/C22H25FN6O3S/c1-31-18-12-14(7-10-16(18)23)19(32-2)20(30)26-22-29-28-21(33-22)25-15-8-5-13(6-9-15)17-4-3-11-24-27-17/h3-4,7,10-13,15,19H,5-6,8-9H2,1-2H3,(H,25,28)(H,26,29,30)/t13-,15+,19-/m0/s1. The Labute approximate surface area is 194 Å². The first-order valence-electron chi connectivity index (χ1n) is 10.6. The van der Waals surface area contributed by atoms with Crippen LogP contribution in [0, 0.1) is 5.82 Å². The van der Waals surface area contributed by atoms with Crippen LogP contribution in [0.2, 0.25) is 0 Å². The number of hydrogen-bond donors (Lipinski definition) is 2. The van der Waals surface area contributed by atoms with E-state index in [1.807, 2.05) is 12.1 Å². The molecule has 2 heterocycles. The van der Waals surface area contributed by atoms with Gasteiger partial charge in [-0.2, -0.15) is 10.2 Å². The van der Waals surface area contributed by atoms with E-state index in [0.717, 1.165) is 31.4 Å². The van der Waals surface area contributed by atoms with Gasteiger partial charge in [0.15, 0.2) is 17.7 Å². The van der Waals surface area contributed by atoms with Crippen LogP contribution >= 0.6 is 11.3 Å². The highest BCUT2D eigenvalue weighted by Crippen LogP contribution is 2.34. The molecule has 0 aliphatic heterocycles. The number of halogens is 1. The number of anilines is 2. The van der Waals surface area contributed by atoms with Crippen molar-refractivity contribution in [1.29, 1.82) is 0 Å². The molecule has 0 spiro atoms. The van der Waals surface area contributed by atoms with E-state index in [2.05, 4.69) is 31.0 Å². The van der Waals surface area contributed by atoms with Crippen molar-refractivity contribution in [2.75, 3.05) is 24.9 Å². The summed E-state index contributed by atoms with van der Waals surface area (Å²) in [5.74, 6) is -0.476. The third-order valence-electron chi connectivity index (χ3n) is 5.67. The average Bonchev–Trinajstić information content (AvgIpc) is 3.28. The molecule has 3 aromatic rings. The zero-order valence-corrected chi connectivity index (χ0v) is 19.1. The Morgan fingerprint density at radius 1 is 1.12 bits per heavy atom. The monoisotopic (exact) mass is 472 g/mol. The van der Waals surface area contributed by atoms with E-state index in [4.69, 9.17) is 9.47 Å². The van der Waals surface area contributed by atoms with Gasteiger partial charge in [-0.1, -0.05) is 17.4 Å². The van der Waals surface area contributed by atoms with Gasteiger partial charge in [-0.3, -0.25) is 10.1 Å². The minimum absolute atomic E-state index is 0.0405. The van der Waals surface area contributed by atoms with E-state index in [9.17, 15) is 9.18 Å². The van der Waals surface area contributed by atoms with Gasteiger partial charge < -0.3 is 14.8 Å². The molecule has 4 rings (SSSR count). The Morgan fingerprint density at radius 3 is 2.61 bits per heavy atom. The van der Waals surface area contributed by atoms with Gasteiger partial charge in [0.1, 0.15) is 0 Å². The summed E-state index contributed by atoms with van der Waals surface area (Å²) < 4.78 is 24.0. The van der Waals surface area contributed by atoms with Crippen LogP contribution < -0.4 is 15.4 Å². The number of aromatic nitrogens is 4. The largest absolute Gasteiger partial charge is 0.494 e. The molecule has 0 radical (unpaired) electrons. The summed E-state index contributed by atoms with van der Waals surface area (Å²) in [6, 6.07) is 8.39. The number of nitrogens with zero attached hydrogens (tertiary/aromatic N) is 4. The molecule has 1 atom stereocenters. The number of hydrogen-bond acceptors (Lipinski definition) is 9. The molecular formula is C22H25FN6O3S. The molecule has 1 amide bonds. The van der Waals surface area contributed by atoms with Crippen molar-refractivity contribution >= 4 is 27.5 Å². The van der Waals surface area contributed by atoms with Gasteiger partial charge in [0, 0.05) is 25.3 Å². The zero-order chi connectivity index (χ0) is 23.2. The topological polar surface area (TPSA) is 111 Å². The molecule has 0 unspecified atom stereocenters. The maximum absolute atomic E-state index is 13.7. The number of ether oxygens (including phenoxy) is 2. The van der Waals surface area contributed by atoms with Gasteiger partial charge in [-0.15, -0.1) is 10.2 Å². The number of carbonyl (C=O) groups is 1. The molecule has 33 heavy (non-hydrogen) atoms. The fourth-order valence-corrected chi connectivity index (χ4v) is 4.70. The Morgan fingerprint density at radius 2 is 1.91 bits per heavy atom. The van der Waals surface area contributed by atoms with E-state index in [-0.39, 0.29) is 11.8 Å². The Balaban J connectivity index is 1.32. The maximum Gasteiger partial charge on any atom is 0.259 e. The van der Waals surface area contributed by atoms with Gasteiger partial charge in [-0.25, -0.2) is 4.39 Å². The molecule has 2 aromatic heterocycles. The smallest absolute Gasteiger partial charge is 0.259 e. The van der Waals surface area contributed by atoms with E-state index in [0.29, 0.717) is 21.7 Å². The lowest BCUT2D eigenvalue weighted by Crippen LogP contribution is -2.25. The number of benzene rings is 1. The van der Waals surface area contributed by atoms with E-state index in [1.165, 1.54) is 43.8 Å². The molecule has 1 saturated carbocycles. The van der Waals surface area contributed by atoms with Crippen LogP contribution in [0.3, 0.4) is 0 Å². The molecule has 1 aliphatic rings. The van der Waals surface area contributed by atoms with Crippen LogP contribution in [0.4, 0.5) is 14.7 Å². The van der Waals surface area contributed by atoms with Crippen molar-refractivity contribution in [3.63, 3.8) is 0 Å². The fraction of sp³-hybridized carbons (Fsp3) is 0.409. The zero-order valence-electron chi connectivity index (χ0n) is 18.3. The minimum Gasteiger partial charge on any atom is -0.494 e. The number of amides is 1. The van der Waals surface area contributed by atoms with Crippen molar-refractivity contribution in [2.24, 2.45) is 0 Å². The first kappa shape index (κ1) is 23.0. The molecule has 0 bridgehead atoms. The van der Waals surface area contributed by atoms with Gasteiger partial charge in [0.2, 0.25) is 10.3 Å². The molecule has 0 saturated heterocycles. The summed E-state index contributed by atoms with van der Waals surface area (Å²) in [6.07, 6.45) is 4.76. The van der Waals surface area contributed by atoms with Gasteiger partial charge in [0.05, 0.1) is 12.8 Å². The average molecular weight is 473 g/mol. The van der Waals surface area contributed by atoms with Crippen molar-refractivity contribution in [2.45, 2.75) is 43.7 Å². The van der Waals surface area contributed by atoms with Crippen LogP contribution in [0.25, 0.3) is 0 Å². The van der Waals surface area contributed by atoms with Crippen LogP contribution in [0.1, 0.15) is 49.0 Å². The van der Waals surface area contributed by atoms with E-state index >= 15 is 0 Å². The first-order valence-corrected chi connectivity index (χ1v) is 11.4. The van der Waals surface area contributed by atoms with E-state index in [1.54, 1.807) is 6.20 Å². The number of nitrogens with one attached hydrogen (secondary N) is 2. The predicted octanol–water partition coefficient (Wildman–Crippen LogP) is 3.94. The van der Waals surface area contributed by atoms with Gasteiger partial charge in [-0.05, 0) is 55.5 Å². The van der Waals surface area contributed by atoms with Crippen LogP contribution in [0.15, 0.2) is 36.5 Å². The molecule has 2 N–H and O–H groups in total. The van der Waals surface area contributed by atoms with Gasteiger partial charge in [0.25, 0.3) is 5.91 Å². The lowest BCUT2D eigenvalue weighted by atomic mass is 9.84. The SMILES string of the molecule is COc1cc([C@H](OC)C(=O)Nc2nnc(N[C@H]3CC[C@@H](c4cccnn4)CC3)s2)ccc1F. The van der Waals surface area contributed by atoms with Crippen LogP contribution in [-0.4, -0.2) is 46.6 Å². The second-order valence-electron chi connectivity index (χ2n) is 7.75. The predicted molar refractivity (Wildman–Crippen MR) is 122 cm³/mol. The summed E-state index contributed by atoms with van der Waals surface area (Å²) in [5.41, 5.74) is 1.51. The van der Waals surface area contributed by atoms with Crippen molar-refractivity contribution < 1.29 is 18.7 Å². The van der Waals surface area contributed by atoms with E-state index < -0.39 is 17.8 Å². The third-order valence-corrected chi connectivity index (χ3v) is 6.44. The number of carbonyl (C=O) groups excluding carboxylic acids is 1. The highest BCUT2D eigenvalue weighted by atomic mass is 32.1. The lowest BCUT2D eigenvalue weighted by molar-refractivity contribution is -0.126. The summed E-state index contributed by atoms with van der Waals surface area (Å²) in [5, 5.41) is 23.5. The molecule has 174 valence electrons. The molecule has 11 heteroatoms. The highest BCUT2D eigenvalue weighted by molar-refractivity contribution is 7.19. The molecular weight excluding hydrogens is 447 g/mol. The molecule has 1 aromatic carbocycles. The Hall–Kier alpha value is -3.18. The van der Waals surface area contributed by atoms with Crippen molar-refractivity contribution in [1.82, 2.24) is 20.4 Å². The summed E-state index contributed by atoms with van der Waals surface area (Å²) in [7, 11) is 2.77. The van der Waals surface area contributed by atoms with Crippen molar-refractivity contribution in [3.8, 4) is 5.75 Å². The summed E-state index contributed by atoms with van der Waals surface area (Å²) in [6.45, 7) is 0. The molecule has 9 nitrogen and oxygen atoms in total. The third kappa shape index (κ3) is 5.60. The number of rotatable bonds is 8. The highest BCUT2D eigenvalue weighted by Gasteiger charge is 2.25.